The fraction of sp³-hybridized carbons (Fsp3) is 0.667. The Kier molecular flexibility index (Phi) is 7.88. The van der Waals surface area contributed by atoms with Gasteiger partial charge in [-0.2, -0.15) is 0 Å². The maximum Gasteiger partial charge on any atom is 0.220 e. The monoisotopic (exact) mass is 363 g/mol. The summed E-state index contributed by atoms with van der Waals surface area (Å²) in [4.78, 5) is 17.1. The van der Waals surface area contributed by atoms with Crippen molar-refractivity contribution in [2.24, 2.45) is 5.92 Å². The first-order chi connectivity index (χ1) is 12.4. The molecule has 1 aromatic rings. The second-order valence-electron chi connectivity index (χ2n) is 7.51. The molecule has 1 fully saturated rings. The number of hydrogen-bond donors (Lipinski definition) is 1. The van der Waals surface area contributed by atoms with Crippen molar-refractivity contribution < 1.29 is 9.18 Å². The van der Waals surface area contributed by atoms with E-state index < -0.39 is 0 Å². The first kappa shape index (κ1) is 20.7. The van der Waals surface area contributed by atoms with Crippen LogP contribution >= 0.6 is 0 Å². The summed E-state index contributed by atoms with van der Waals surface area (Å²) in [7, 11) is 0. The zero-order valence-electron chi connectivity index (χ0n) is 16.7. The van der Waals surface area contributed by atoms with Crippen LogP contribution < -0.4 is 10.2 Å². The van der Waals surface area contributed by atoms with Gasteiger partial charge in [-0.05, 0) is 37.6 Å². The third kappa shape index (κ3) is 5.70. The number of benzene rings is 1. The summed E-state index contributed by atoms with van der Waals surface area (Å²) < 4.78 is 13.9. The molecule has 0 spiro atoms. The molecule has 1 aliphatic heterocycles. The van der Waals surface area contributed by atoms with Gasteiger partial charge in [0.1, 0.15) is 5.82 Å². The van der Waals surface area contributed by atoms with Gasteiger partial charge in [-0.1, -0.05) is 33.6 Å². The number of likely N-dealkylation sites (N-methyl/N-ethyl adjacent to an activating group) is 1. The van der Waals surface area contributed by atoms with Crippen molar-refractivity contribution in [3.8, 4) is 0 Å². The third-order valence-corrected chi connectivity index (χ3v) is 5.31. The van der Waals surface area contributed by atoms with Crippen LogP contribution in [-0.2, 0) is 4.79 Å². The fourth-order valence-corrected chi connectivity index (χ4v) is 3.75. The number of nitrogens with zero attached hydrogens (tertiary/aromatic N) is 2. The lowest BCUT2D eigenvalue weighted by atomic mass is 10.0. The Labute approximate surface area is 157 Å². The highest BCUT2D eigenvalue weighted by Gasteiger charge is 2.22. The molecule has 4 nitrogen and oxygen atoms in total. The second kappa shape index (κ2) is 9.91. The zero-order chi connectivity index (χ0) is 19.1. The number of hydrogen-bond acceptors (Lipinski definition) is 3. The van der Waals surface area contributed by atoms with Crippen LogP contribution in [0.2, 0.25) is 0 Å². The van der Waals surface area contributed by atoms with Gasteiger partial charge in [0.2, 0.25) is 5.91 Å². The van der Waals surface area contributed by atoms with Gasteiger partial charge in [-0.25, -0.2) is 4.39 Å². The molecule has 0 saturated carbocycles. The van der Waals surface area contributed by atoms with Crippen LogP contribution in [0.5, 0.6) is 0 Å². The molecule has 1 amide bonds. The molecular weight excluding hydrogens is 329 g/mol. The Hall–Kier alpha value is -1.62. The van der Waals surface area contributed by atoms with Crippen molar-refractivity contribution in [1.82, 2.24) is 10.2 Å². The Morgan fingerprint density at radius 2 is 1.88 bits per heavy atom. The van der Waals surface area contributed by atoms with E-state index in [4.69, 9.17) is 0 Å². The molecule has 1 saturated heterocycles. The van der Waals surface area contributed by atoms with E-state index in [1.807, 2.05) is 13.0 Å². The second-order valence-corrected chi connectivity index (χ2v) is 7.51. The lowest BCUT2D eigenvalue weighted by molar-refractivity contribution is -0.122. The van der Waals surface area contributed by atoms with E-state index in [9.17, 15) is 9.18 Å². The minimum atomic E-state index is -0.253. The van der Waals surface area contributed by atoms with Crippen LogP contribution in [0.15, 0.2) is 18.2 Å². The molecule has 2 rings (SSSR count). The molecule has 1 aliphatic rings. The predicted molar refractivity (Wildman–Crippen MR) is 106 cm³/mol. The van der Waals surface area contributed by atoms with Gasteiger partial charge in [-0.15, -0.1) is 0 Å². The number of amides is 1. The van der Waals surface area contributed by atoms with E-state index in [1.165, 1.54) is 6.07 Å². The number of carbonyl (C=O) groups is 1. The molecule has 0 radical (unpaired) electrons. The number of rotatable bonds is 8. The topological polar surface area (TPSA) is 35.6 Å². The molecule has 2 unspecified atom stereocenters. The molecular formula is C21H34FN3O. The van der Waals surface area contributed by atoms with Crippen LogP contribution in [-0.4, -0.2) is 43.5 Å². The minimum absolute atomic E-state index is 0.0458. The summed E-state index contributed by atoms with van der Waals surface area (Å²) in [5.41, 5.74) is 1.91. The van der Waals surface area contributed by atoms with E-state index in [0.717, 1.165) is 56.8 Å². The van der Waals surface area contributed by atoms with Crippen molar-refractivity contribution in [3.63, 3.8) is 0 Å². The quantitative estimate of drug-likeness (QED) is 0.759. The maximum atomic E-state index is 13.9. The number of nitrogens with one attached hydrogen (secondary N) is 1. The van der Waals surface area contributed by atoms with E-state index in [2.05, 4.69) is 35.9 Å². The van der Waals surface area contributed by atoms with Crippen LogP contribution in [0.25, 0.3) is 0 Å². The van der Waals surface area contributed by atoms with Crippen LogP contribution in [0.3, 0.4) is 0 Å². The summed E-state index contributed by atoms with van der Waals surface area (Å²) in [6.45, 7) is 13.3. The summed E-state index contributed by atoms with van der Waals surface area (Å²) in [5, 5.41) is 3.07. The van der Waals surface area contributed by atoms with Gasteiger partial charge in [0, 0.05) is 43.9 Å². The number of anilines is 1. The average Bonchev–Trinajstić information content (AvgIpc) is 2.61. The zero-order valence-corrected chi connectivity index (χ0v) is 16.7. The van der Waals surface area contributed by atoms with Gasteiger partial charge in [-0.3, -0.25) is 4.79 Å². The van der Waals surface area contributed by atoms with Gasteiger partial charge >= 0.3 is 0 Å². The Balaban J connectivity index is 2.07. The van der Waals surface area contributed by atoms with Crippen molar-refractivity contribution >= 4 is 11.6 Å². The molecule has 146 valence electrons. The number of carbonyl (C=O) groups excluding carboxylic acids is 1. The van der Waals surface area contributed by atoms with Gasteiger partial charge in [0.05, 0.1) is 6.04 Å². The summed E-state index contributed by atoms with van der Waals surface area (Å²) in [5.74, 6) is 0.169. The van der Waals surface area contributed by atoms with Crippen molar-refractivity contribution in [3.05, 3.63) is 29.6 Å². The first-order valence-electron chi connectivity index (χ1n) is 10.0. The summed E-state index contributed by atoms with van der Waals surface area (Å²) in [6.07, 6.45) is 2.66. The highest BCUT2D eigenvalue weighted by Crippen LogP contribution is 2.28. The molecule has 26 heavy (non-hydrogen) atoms. The van der Waals surface area contributed by atoms with E-state index >= 15 is 0 Å². The van der Waals surface area contributed by atoms with E-state index in [1.54, 1.807) is 6.07 Å². The maximum absolute atomic E-state index is 13.9. The molecule has 0 aromatic heterocycles. The minimum Gasteiger partial charge on any atom is -0.369 e. The molecule has 0 aliphatic carbocycles. The number of halogens is 1. The molecule has 5 heteroatoms. The fourth-order valence-electron chi connectivity index (χ4n) is 3.75. The smallest absolute Gasteiger partial charge is 0.220 e. The molecule has 1 aromatic carbocycles. The Bertz CT molecular complexity index is 585. The van der Waals surface area contributed by atoms with Crippen LogP contribution in [0.4, 0.5) is 10.1 Å². The molecule has 2 atom stereocenters. The molecule has 1 N–H and O–H groups in total. The van der Waals surface area contributed by atoms with Crippen LogP contribution in [0.1, 0.15) is 58.6 Å². The summed E-state index contributed by atoms with van der Waals surface area (Å²) in [6, 6.07) is 4.74. The Morgan fingerprint density at radius 1 is 1.19 bits per heavy atom. The predicted octanol–water partition coefficient (Wildman–Crippen LogP) is 3.97. The molecule has 1 heterocycles. The third-order valence-electron chi connectivity index (χ3n) is 5.31. The normalized spacial score (nSPS) is 17.8. The number of piperazine rings is 1. The first-order valence-corrected chi connectivity index (χ1v) is 10.0. The van der Waals surface area contributed by atoms with Crippen LogP contribution in [0, 0.1) is 11.7 Å². The van der Waals surface area contributed by atoms with Gasteiger partial charge in [0.25, 0.3) is 0 Å². The van der Waals surface area contributed by atoms with E-state index in [0.29, 0.717) is 12.3 Å². The molecule has 0 bridgehead atoms. The van der Waals surface area contributed by atoms with Crippen molar-refractivity contribution in [2.45, 2.75) is 53.0 Å². The highest BCUT2D eigenvalue weighted by molar-refractivity contribution is 5.77. The average molecular weight is 364 g/mol. The lowest BCUT2D eigenvalue weighted by Gasteiger charge is -2.37. The lowest BCUT2D eigenvalue weighted by Crippen LogP contribution is -2.46. The van der Waals surface area contributed by atoms with Crippen molar-refractivity contribution in [2.75, 3.05) is 37.6 Å². The van der Waals surface area contributed by atoms with Crippen molar-refractivity contribution in [1.29, 1.82) is 0 Å². The standard InChI is InChI=1S/C21H34FN3O/c1-5-7-16(3)14-21(26)23-17(4)19-15-18(22)8-9-20(19)25-12-10-24(6-2)11-13-25/h8-9,15-17H,5-7,10-14H2,1-4H3,(H,23,26). The highest BCUT2D eigenvalue weighted by atomic mass is 19.1. The van der Waals surface area contributed by atoms with Gasteiger partial charge in [0.15, 0.2) is 0 Å². The van der Waals surface area contributed by atoms with Gasteiger partial charge < -0.3 is 15.1 Å². The Morgan fingerprint density at radius 3 is 2.50 bits per heavy atom. The van der Waals surface area contributed by atoms with E-state index in [-0.39, 0.29) is 17.8 Å². The largest absolute Gasteiger partial charge is 0.369 e. The SMILES string of the molecule is CCCC(C)CC(=O)NC(C)c1cc(F)ccc1N1CCN(CC)CC1. The summed E-state index contributed by atoms with van der Waals surface area (Å²) >= 11 is 0.